The average Bonchev–Trinajstić information content (AvgIpc) is 2.31. The third-order valence-corrected chi connectivity index (χ3v) is 3.22. The number of benzene rings is 2. The highest BCUT2D eigenvalue weighted by atomic mass is 35.5. The van der Waals surface area contributed by atoms with Crippen molar-refractivity contribution in [3.05, 3.63) is 58.1 Å². The predicted octanol–water partition coefficient (Wildman–Crippen LogP) is 5.02. The molecular weight excluding hydrogens is 239 g/mol. The lowest BCUT2D eigenvalue weighted by atomic mass is 10.0. The van der Waals surface area contributed by atoms with Crippen molar-refractivity contribution in [1.29, 1.82) is 0 Å². The minimum atomic E-state index is 0.645. The van der Waals surface area contributed by atoms with E-state index in [-0.39, 0.29) is 0 Å². The molecule has 0 aliphatic carbocycles. The van der Waals surface area contributed by atoms with Gasteiger partial charge in [-0.3, -0.25) is 0 Å². The molecule has 2 aromatic rings. The molecule has 0 saturated carbocycles. The van der Waals surface area contributed by atoms with Gasteiger partial charge in [-0.25, -0.2) is 0 Å². The van der Waals surface area contributed by atoms with Crippen molar-refractivity contribution in [2.45, 2.75) is 13.3 Å². The standard InChI is InChI=1S/C14H11Cl2/c1-2-10-9-11(7-8-13(10)15)12-5-3-4-6-14(12)16/h3-5,7-9H,2H2,1H3. The van der Waals surface area contributed by atoms with E-state index in [1.54, 1.807) is 0 Å². The monoisotopic (exact) mass is 249 g/mol. The van der Waals surface area contributed by atoms with Gasteiger partial charge < -0.3 is 0 Å². The molecule has 0 unspecified atom stereocenters. The summed E-state index contributed by atoms with van der Waals surface area (Å²) in [6, 6.07) is 14.7. The molecule has 0 N–H and O–H groups in total. The summed E-state index contributed by atoms with van der Waals surface area (Å²) in [5, 5.41) is 1.45. The molecule has 2 rings (SSSR count). The highest BCUT2D eigenvalue weighted by molar-refractivity contribution is 6.33. The lowest BCUT2D eigenvalue weighted by Crippen LogP contribution is -1.85. The number of rotatable bonds is 2. The largest absolute Gasteiger partial charge is 0.0840 e. The number of hydrogen-bond donors (Lipinski definition) is 0. The van der Waals surface area contributed by atoms with Crippen molar-refractivity contribution in [3.63, 3.8) is 0 Å². The maximum absolute atomic E-state index is 6.11. The van der Waals surface area contributed by atoms with Crippen LogP contribution in [0.5, 0.6) is 0 Å². The molecule has 0 aliphatic heterocycles. The number of hydrogen-bond acceptors (Lipinski definition) is 0. The normalized spacial score (nSPS) is 10.4. The first-order chi connectivity index (χ1) is 7.72. The van der Waals surface area contributed by atoms with Crippen LogP contribution in [0.3, 0.4) is 0 Å². The van der Waals surface area contributed by atoms with Crippen molar-refractivity contribution in [1.82, 2.24) is 0 Å². The fourth-order valence-electron chi connectivity index (χ4n) is 1.65. The van der Waals surface area contributed by atoms with Crippen LogP contribution in [0, 0.1) is 6.07 Å². The summed E-state index contributed by atoms with van der Waals surface area (Å²) in [6.45, 7) is 2.09. The smallest absolute Gasteiger partial charge is 0.0563 e. The zero-order chi connectivity index (χ0) is 11.5. The summed E-state index contributed by atoms with van der Waals surface area (Å²) in [6.07, 6.45) is 0.918. The van der Waals surface area contributed by atoms with Crippen molar-refractivity contribution in [2.75, 3.05) is 0 Å². The molecule has 1 radical (unpaired) electrons. The van der Waals surface area contributed by atoms with Crippen LogP contribution < -0.4 is 0 Å². The molecule has 81 valence electrons. The van der Waals surface area contributed by atoms with E-state index in [0.717, 1.165) is 28.1 Å². The summed E-state index contributed by atoms with van der Waals surface area (Å²) in [5.74, 6) is 0. The Labute approximate surface area is 106 Å². The van der Waals surface area contributed by atoms with Gasteiger partial charge in [0.25, 0.3) is 0 Å². The Balaban J connectivity index is 2.53. The van der Waals surface area contributed by atoms with E-state index in [1.807, 2.05) is 30.3 Å². The third-order valence-electron chi connectivity index (χ3n) is 2.54. The van der Waals surface area contributed by atoms with E-state index in [4.69, 9.17) is 23.2 Å². The van der Waals surface area contributed by atoms with Crippen LogP contribution in [-0.2, 0) is 6.42 Å². The van der Waals surface area contributed by atoms with Gasteiger partial charge in [-0.05, 0) is 29.7 Å². The average molecular weight is 250 g/mol. The van der Waals surface area contributed by atoms with Gasteiger partial charge >= 0.3 is 0 Å². The second-order valence-electron chi connectivity index (χ2n) is 3.56. The van der Waals surface area contributed by atoms with E-state index >= 15 is 0 Å². The Hall–Kier alpha value is -0.980. The van der Waals surface area contributed by atoms with Crippen LogP contribution >= 0.6 is 23.2 Å². The topological polar surface area (TPSA) is 0 Å². The summed E-state index contributed by atoms with van der Waals surface area (Å²) >= 11 is 12.2. The Morgan fingerprint density at radius 1 is 1.19 bits per heavy atom. The predicted molar refractivity (Wildman–Crippen MR) is 70.1 cm³/mol. The van der Waals surface area contributed by atoms with Crippen LogP contribution in [0.4, 0.5) is 0 Å². The Bertz CT molecular complexity index is 504. The molecule has 0 spiro atoms. The van der Waals surface area contributed by atoms with Crippen LogP contribution in [-0.4, -0.2) is 0 Å². The van der Waals surface area contributed by atoms with Crippen molar-refractivity contribution >= 4 is 23.2 Å². The van der Waals surface area contributed by atoms with E-state index in [0.29, 0.717) is 5.02 Å². The van der Waals surface area contributed by atoms with Gasteiger partial charge in [0.2, 0.25) is 0 Å². The van der Waals surface area contributed by atoms with E-state index in [9.17, 15) is 0 Å². The Morgan fingerprint density at radius 3 is 2.69 bits per heavy atom. The SMILES string of the molecule is CCc1cc(-c2ccc[c]c2Cl)ccc1Cl. The summed E-state index contributed by atoms with van der Waals surface area (Å²) < 4.78 is 0. The van der Waals surface area contributed by atoms with Gasteiger partial charge in [-0.2, -0.15) is 0 Å². The molecule has 0 aromatic heterocycles. The van der Waals surface area contributed by atoms with E-state index < -0.39 is 0 Å². The van der Waals surface area contributed by atoms with Gasteiger partial charge in [-0.1, -0.05) is 54.4 Å². The molecule has 2 heteroatoms. The zero-order valence-corrected chi connectivity index (χ0v) is 10.4. The Morgan fingerprint density at radius 2 is 2.00 bits per heavy atom. The molecule has 0 heterocycles. The van der Waals surface area contributed by atoms with Gasteiger partial charge in [0.15, 0.2) is 0 Å². The first-order valence-corrected chi connectivity index (χ1v) is 5.93. The highest BCUT2D eigenvalue weighted by Crippen LogP contribution is 2.30. The van der Waals surface area contributed by atoms with E-state index in [2.05, 4.69) is 19.1 Å². The second-order valence-corrected chi connectivity index (χ2v) is 4.34. The van der Waals surface area contributed by atoms with E-state index in [1.165, 1.54) is 0 Å². The van der Waals surface area contributed by atoms with Gasteiger partial charge in [0, 0.05) is 16.7 Å². The maximum atomic E-state index is 6.11. The molecular formula is C14H11Cl2. The Kier molecular flexibility index (Phi) is 3.52. The zero-order valence-electron chi connectivity index (χ0n) is 8.93. The molecule has 16 heavy (non-hydrogen) atoms. The van der Waals surface area contributed by atoms with Crippen molar-refractivity contribution in [3.8, 4) is 11.1 Å². The molecule has 2 aromatic carbocycles. The molecule has 0 saturated heterocycles. The number of aryl methyl sites for hydroxylation is 1. The third kappa shape index (κ3) is 2.23. The quantitative estimate of drug-likeness (QED) is 0.701. The van der Waals surface area contributed by atoms with Crippen molar-refractivity contribution in [2.24, 2.45) is 0 Å². The van der Waals surface area contributed by atoms with Crippen LogP contribution in [0.25, 0.3) is 11.1 Å². The molecule has 0 atom stereocenters. The first-order valence-electron chi connectivity index (χ1n) is 5.17. The fraction of sp³-hybridized carbons (Fsp3) is 0.143. The minimum absolute atomic E-state index is 0.645. The lowest BCUT2D eigenvalue weighted by Gasteiger charge is -2.07. The van der Waals surface area contributed by atoms with Crippen LogP contribution in [0.2, 0.25) is 10.0 Å². The molecule has 0 fully saturated rings. The number of halogens is 2. The first kappa shape index (κ1) is 11.5. The highest BCUT2D eigenvalue weighted by Gasteiger charge is 2.05. The molecule has 0 amide bonds. The molecule has 0 bridgehead atoms. The van der Waals surface area contributed by atoms with Gasteiger partial charge in [0.05, 0.1) is 5.02 Å². The second kappa shape index (κ2) is 4.90. The molecule has 0 nitrogen and oxygen atoms in total. The van der Waals surface area contributed by atoms with Gasteiger partial charge in [-0.15, -0.1) is 0 Å². The fourth-order valence-corrected chi connectivity index (χ4v) is 2.14. The maximum Gasteiger partial charge on any atom is 0.0563 e. The summed E-state index contributed by atoms with van der Waals surface area (Å²) in [7, 11) is 0. The summed E-state index contributed by atoms with van der Waals surface area (Å²) in [4.78, 5) is 0. The molecule has 0 aliphatic rings. The van der Waals surface area contributed by atoms with Crippen LogP contribution in [0.1, 0.15) is 12.5 Å². The minimum Gasteiger partial charge on any atom is -0.0840 e. The van der Waals surface area contributed by atoms with Crippen LogP contribution in [0.15, 0.2) is 36.4 Å². The lowest BCUT2D eigenvalue weighted by molar-refractivity contribution is 1.14. The van der Waals surface area contributed by atoms with Gasteiger partial charge in [0.1, 0.15) is 0 Å². The summed E-state index contributed by atoms with van der Waals surface area (Å²) in [5.41, 5.74) is 3.22. The van der Waals surface area contributed by atoms with Crippen molar-refractivity contribution < 1.29 is 0 Å².